The SMILES string of the molecule is COC(=O)Nc1nc2c([nH]1)=CC(S)CC=2. The molecule has 0 aliphatic heterocycles. The number of anilines is 1. The number of hydrogen-bond donors (Lipinski definition) is 3. The summed E-state index contributed by atoms with van der Waals surface area (Å²) in [7, 11) is 1.31. The van der Waals surface area contributed by atoms with Crippen LogP contribution in [-0.2, 0) is 4.74 Å². The number of amides is 1. The molecule has 5 nitrogen and oxygen atoms in total. The number of carbonyl (C=O) groups is 1. The Kier molecular flexibility index (Phi) is 2.68. The average Bonchev–Trinajstić information content (AvgIpc) is 2.59. The molecule has 0 bridgehead atoms. The first-order chi connectivity index (χ1) is 7.19. The van der Waals surface area contributed by atoms with Gasteiger partial charge in [0.25, 0.3) is 0 Å². The summed E-state index contributed by atoms with van der Waals surface area (Å²) in [5.74, 6) is 0.391. The van der Waals surface area contributed by atoms with E-state index in [0.717, 1.165) is 17.1 Å². The summed E-state index contributed by atoms with van der Waals surface area (Å²) in [6.07, 6.45) is 4.25. The van der Waals surface area contributed by atoms with E-state index in [1.807, 2.05) is 12.2 Å². The van der Waals surface area contributed by atoms with Crippen LogP contribution in [0.1, 0.15) is 6.42 Å². The van der Waals surface area contributed by atoms with Crippen LogP contribution in [0.4, 0.5) is 10.7 Å². The number of methoxy groups -OCH3 is 1. The molecule has 1 aliphatic carbocycles. The van der Waals surface area contributed by atoms with Gasteiger partial charge in [-0.15, -0.1) is 0 Å². The predicted molar refractivity (Wildman–Crippen MR) is 60.2 cm³/mol. The van der Waals surface area contributed by atoms with Crippen molar-refractivity contribution in [3.8, 4) is 0 Å². The molecular formula is C9H11N3O2S. The van der Waals surface area contributed by atoms with Crippen molar-refractivity contribution in [2.75, 3.05) is 12.4 Å². The molecule has 15 heavy (non-hydrogen) atoms. The van der Waals surface area contributed by atoms with Crippen molar-refractivity contribution in [1.82, 2.24) is 9.97 Å². The van der Waals surface area contributed by atoms with E-state index < -0.39 is 6.09 Å². The molecule has 1 amide bonds. The second kappa shape index (κ2) is 3.98. The first kappa shape index (κ1) is 10.1. The highest BCUT2D eigenvalue weighted by molar-refractivity contribution is 7.81. The smallest absolute Gasteiger partial charge is 0.413 e. The number of imidazole rings is 1. The van der Waals surface area contributed by atoms with E-state index in [1.165, 1.54) is 7.11 Å². The van der Waals surface area contributed by atoms with Gasteiger partial charge in [-0.05, 0) is 12.5 Å². The van der Waals surface area contributed by atoms with E-state index in [0.29, 0.717) is 5.95 Å². The van der Waals surface area contributed by atoms with Crippen molar-refractivity contribution in [3.05, 3.63) is 10.7 Å². The van der Waals surface area contributed by atoms with E-state index in [-0.39, 0.29) is 5.25 Å². The maximum absolute atomic E-state index is 10.9. The summed E-state index contributed by atoms with van der Waals surface area (Å²) in [6.45, 7) is 0. The zero-order chi connectivity index (χ0) is 10.8. The summed E-state index contributed by atoms with van der Waals surface area (Å²) in [5.41, 5.74) is 0. The Hall–Kier alpha value is -1.43. The molecule has 1 unspecified atom stereocenters. The van der Waals surface area contributed by atoms with Crippen molar-refractivity contribution in [1.29, 1.82) is 0 Å². The van der Waals surface area contributed by atoms with Gasteiger partial charge in [0.1, 0.15) is 0 Å². The minimum atomic E-state index is -0.538. The third kappa shape index (κ3) is 2.15. The van der Waals surface area contributed by atoms with Gasteiger partial charge in [-0.3, -0.25) is 5.32 Å². The summed E-state index contributed by atoms with van der Waals surface area (Å²) < 4.78 is 4.46. The van der Waals surface area contributed by atoms with Crippen LogP contribution in [-0.4, -0.2) is 28.4 Å². The minimum absolute atomic E-state index is 0.198. The molecular weight excluding hydrogens is 214 g/mol. The predicted octanol–water partition coefficient (Wildman–Crippen LogP) is -0.149. The monoisotopic (exact) mass is 225 g/mol. The van der Waals surface area contributed by atoms with Gasteiger partial charge < -0.3 is 9.72 Å². The molecule has 0 saturated heterocycles. The standard InChI is InChI=1S/C9H11N3O2S/c1-14-9(13)12-8-10-6-3-2-5(15)4-7(6)11-8/h3-5,15H,2H2,1H3,(H2,10,11,12,13). The number of carbonyl (C=O) groups excluding carboxylic acids is 1. The fraction of sp³-hybridized carbons (Fsp3) is 0.333. The van der Waals surface area contributed by atoms with Crippen LogP contribution in [0.3, 0.4) is 0 Å². The molecule has 2 N–H and O–H groups in total. The quantitative estimate of drug-likeness (QED) is 0.582. The summed E-state index contributed by atoms with van der Waals surface area (Å²) in [6, 6.07) is 0. The topological polar surface area (TPSA) is 67.0 Å². The zero-order valence-corrected chi connectivity index (χ0v) is 9.04. The molecule has 0 saturated carbocycles. The Morgan fingerprint density at radius 3 is 3.33 bits per heavy atom. The lowest BCUT2D eigenvalue weighted by molar-refractivity contribution is 0.186. The van der Waals surface area contributed by atoms with E-state index in [4.69, 9.17) is 0 Å². The maximum Gasteiger partial charge on any atom is 0.413 e. The van der Waals surface area contributed by atoms with Crippen LogP contribution in [0.2, 0.25) is 0 Å². The number of thiol groups is 1. The molecule has 0 spiro atoms. The molecule has 0 radical (unpaired) electrons. The van der Waals surface area contributed by atoms with Crippen LogP contribution < -0.4 is 16.0 Å². The molecule has 0 aromatic carbocycles. The third-order valence-corrected chi connectivity index (χ3v) is 2.44. The number of rotatable bonds is 1. The highest BCUT2D eigenvalue weighted by Gasteiger charge is 2.08. The summed E-state index contributed by atoms with van der Waals surface area (Å²) in [4.78, 5) is 18.1. The Labute approximate surface area is 91.6 Å². The third-order valence-electron chi connectivity index (χ3n) is 2.08. The fourth-order valence-corrected chi connectivity index (χ4v) is 1.64. The number of ether oxygens (including phenoxy) is 1. The largest absolute Gasteiger partial charge is 0.453 e. The highest BCUT2D eigenvalue weighted by Crippen LogP contribution is 2.05. The fourth-order valence-electron chi connectivity index (χ4n) is 1.38. The molecule has 80 valence electrons. The molecule has 1 heterocycles. The maximum atomic E-state index is 10.9. The number of H-pyrrole nitrogens is 1. The normalized spacial score (nSPS) is 18.4. The van der Waals surface area contributed by atoms with Crippen molar-refractivity contribution in [3.63, 3.8) is 0 Å². The molecule has 1 aromatic rings. The molecule has 0 fully saturated rings. The summed E-state index contributed by atoms with van der Waals surface area (Å²) >= 11 is 4.34. The number of nitrogens with one attached hydrogen (secondary N) is 2. The molecule has 2 rings (SSSR count). The van der Waals surface area contributed by atoms with Gasteiger partial charge in [-0.2, -0.15) is 12.6 Å². The van der Waals surface area contributed by atoms with Gasteiger partial charge in [-0.25, -0.2) is 9.78 Å². The second-order valence-corrected chi connectivity index (χ2v) is 3.84. The van der Waals surface area contributed by atoms with Crippen LogP contribution in [0.5, 0.6) is 0 Å². The van der Waals surface area contributed by atoms with Crippen LogP contribution >= 0.6 is 12.6 Å². The van der Waals surface area contributed by atoms with E-state index in [1.54, 1.807) is 0 Å². The first-order valence-corrected chi connectivity index (χ1v) is 5.02. The molecule has 1 aromatic heterocycles. The van der Waals surface area contributed by atoms with E-state index >= 15 is 0 Å². The van der Waals surface area contributed by atoms with Crippen molar-refractivity contribution in [2.24, 2.45) is 0 Å². The number of fused-ring (bicyclic) bond motifs is 1. The van der Waals surface area contributed by atoms with Gasteiger partial charge in [0, 0.05) is 5.25 Å². The lowest BCUT2D eigenvalue weighted by atomic mass is 10.2. The van der Waals surface area contributed by atoms with Gasteiger partial charge in [0.15, 0.2) is 0 Å². The van der Waals surface area contributed by atoms with Crippen molar-refractivity contribution in [2.45, 2.75) is 11.7 Å². The van der Waals surface area contributed by atoms with Gasteiger partial charge in [0.2, 0.25) is 5.95 Å². The van der Waals surface area contributed by atoms with E-state index in [2.05, 4.69) is 32.7 Å². The lowest BCUT2D eigenvalue weighted by Gasteiger charge is -2.01. The van der Waals surface area contributed by atoms with Crippen LogP contribution in [0, 0.1) is 0 Å². The Morgan fingerprint density at radius 2 is 2.60 bits per heavy atom. The van der Waals surface area contributed by atoms with Crippen LogP contribution in [0.25, 0.3) is 12.2 Å². The lowest BCUT2D eigenvalue weighted by Crippen LogP contribution is -2.29. The second-order valence-electron chi connectivity index (χ2n) is 3.17. The zero-order valence-electron chi connectivity index (χ0n) is 8.15. The van der Waals surface area contributed by atoms with E-state index in [9.17, 15) is 4.79 Å². The van der Waals surface area contributed by atoms with Gasteiger partial charge in [-0.1, -0.05) is 6.08 Å². The minimum Gasteiger partial charge on any atom is -0.453 e. The Bertz CT molecular complexity index is 494. The van der Waals surface area contributed by atoms with Gasteiger partial charge in [0.05, 0.1) is 17.8 Å². The number of aromatic amines is 1. The van der Waals surface area contributed by atoms with Crippen LogP contribution in [0.15, 0.2) is 0 Å². The summed E-state index contributed by atoms with van der Waals surface area (Å²) in [5, 5.41) is 4.39. The average molecular weight is 225 g/mol. The first-order valence-electron chi connectivity index (χ1n) is 4.50. The molecule has 1 atom stereocenters. The Balaban J connectivity index is 2.31. The number of hydrogen-bond acceptors (Lipinski definition) is 4. The number of aromatic nitrogens is 2. The van der Waals surface area contributed by atoms with Crippen molar-refractivity contribution < 1.29 is 9.53 Å². The number of nitrogens with zero attached hydrogens (tertiary/aromatic N) is 1. The van der Waals surface area contributed by atoms with Gasteiger partial charge >= 0.3 is 6.09 Å². The molecule has 1 aliphatic rings. The molecule has 6 heteroatoms. The van der Waals surface area contributed by atoms with Crippen molar-refractivity contribution >= 4 is 36.8 Å². The highest BCUT2D eigenvalue weighted by atomic mass is 32.1. The Morgan fingerprint density at radius 1 is 1.80 bits per heavy atom.